The van der Waals surface area contributed by atoms with E-state index in [-0.39, 0.29) is 0 Å². The summed E-state index contributed by atoms with van der Waals surface area (Å²) in [4.78, 5) is 0. The van der Waals surface area contributed by atoms with Gasteiger partial charge in [0.1, 0.15) is 0 Å². The molecule has 0 aromatic rings. The van der Waals surface area contributed by atoms with Gasteiger partial charge < -0.3 is 0 Å². The van der Waals surface area contributed by atoms with Crippen molar-refractivity contribution in [1.29, 1.82) is 0 Å². The second-order valence-corrected chi connectivity index (χ2v) is 6.84. The van der Waals surface area contributed by atoms with Gasteiger partial charge in [-0.2, -0.15) is 0 Å². The Kier molecular flexibility index (Phi) is 14.4. The molecule has 2 atom stereocenters. The summed E-state index contributed by atoms with van der Waals surface area (Å²) in [5.41, 5.74) is 0. The zero-order valence-electron chi connectivity index (χ0n) is 14.3. The van der Waals surface area contributed by atoms with Crippen molar-refractivity contribution in [3.8, 4) is 0 Å². The molecule has 0 nitrogen and oxygen atoms in total. The molecule has 0 N–H and O–H groups in total. The molecule has 0 heteroatoms. The number of hydrogen-bond donors (Lipinski definition) is 0. The van der Waals surface area contributed by atoms with Crippen molar-refractivity contribution in [1.82, 2.24) is 0 Å². The Bertz CT molecular complexity index is 143. The normalized spacial score (nSPS) is 14.5. The number of unbranched alkanes of at least 4 members (excludes halogenated alkanes) is 6. The fraction of sp³-hybridized carbons (Fsp3) is 1.00. The van der Waals surface area contributed by atoms with Crippen LogP contribution in [0.15, 0.2) is 0 Å². The number of rotatable bonds is 14. The van der Waals surface area contributed by atoms with E-state index in [1.807, 2.05) is 0 Å². The summed E-state index contributed by atoms with van der Waals surface area (Å²) in [6, 6.07) is 0. The molecule has 0 aliphatic rings. The minimum atomic E-state index is 0.962. The van der Waals surface area contributed by atoms with Gasteiger partial charge in [-0.3, -0.25) is 0 Å². The highest BCUT2D eigenvalue weighted by Gasteiger charge is 2.05. The van der Waals surface area contributed by atoms with Crippen LogP contribution in [0.4, 0.5) is 0 Å². The molecule has 116 valence electrons. The summed E-state index contributed by atoms with van der Waals surface area (Å²) >= 11 is 0. The van der Waals surface area contributed by atoms with Crippen LogP contribution in [0.1, 0.15) is 111 Å². The maximum Gasteiger partial charge on any atom is -0.0443 e. The second-order valence-electron chi connectivity index (χ2n) is 6.84. The third-order valence-corrected chi connectivity index (χ3v) is 4.49. The Morgan fingerprint density at radius 3 is 1.21 bits per heavy atom. The Morgan fingerprint density at radius 1 is 0.474 bits per heavy atom. The lowest BCUT2D eigenvalue weighted by molar-refractivity contribution is 0.392. The SMILES string of the molecule is CCCCCCC(C)CCCC(C)CCCCCC. The fourth-order valence-corrected chi connectivity index (χ4v) is 2.94. The summed E-state index contributed by atoms with van der Waals surface area (Å²) in [6.07, 6.45) is 18.7. The average Bonchev–Trinajstić information content (AvgIpc) is 2.40. The summed E-state index contributed by atoms with van der Waals surface area (Å²) in [7, 11) is 0. The van der Waals surface area contributed by atoms with Crippen LogP contribution in [0.25, 0.3) is 0 Å². The van der Waals surface area contributed by atoms with E-state index in [1.165, 1.54) is 83.5 Å². The van der Waals surface area contributed by atoms with E-state index < -0.39 is 0 Å². The van der Waals surface area contributed by atoms with Crippen LogP contribution in [0.3, 0.4) is 0 Å². The van der Waals surface area contributed by atoms with E-state index in [0.717, 1.165) is 11.8 Å². The van der Waals surface area contributed by atoms with Crippen LogP contribution in [-0.2, 0) is 0 Å². The molecule has 0 amide bonds. The Hall–Kier alpha value is 0. The molecule has 0 aromatic heterocycles. The quantitative estimate of drug-likeness (QED) is 0.288. The molecule has 0 aromatic carbocycles. The first-order valence-corrected chi connectivity index (χ1v) is 9.20. The molecule has 0 heterocycles. The van der Waals surface area contributed by atoms with Crippen molar-refractivity contribution < 1.29 is 0 Å². The molecule has 0 saturated heterocycles. The maximum absolute atomic E-state index is 2.46. The van der Waals surface area contributed by atoms with Gasteiger partial charge >= 0.3 is 0 Å². The lowest BCUT2D eigenvalue weighted by Crippen LogP contribution is -1.99. The minimum Gasteiger partial charge on any atom is -0.0654 e. The zero-order valence-corrected chi connectivity index (χ0v) is 14.3. The van der Waals surface area contributed by atoms with E-state index in [4.69, 9.17) is 0 Å². The predicted molar refractivity (Wildman–Crippen MR) is 89.7 cm³/mol. The van der Waals surface area contributed by atoms with Gasteiger partial charge in [-0.1, -0.05) is 111 Å². The van der Waals surface area contributed by atoms with Crippen LogP contribution < -0.4 is 0 Å². The first-order valence-electron chi connectivity index (χ1n) is 9.20. The van der Waals surface area contributed by atoms with Crippen molar-refractivity contribution in [2.75, 3.05) is 0 Å². The molecule has 0 aliphatic heterocycles. The van der Waals surface area contributed by atoms with Crippen molar-refractivity contribution in [2.45, 2.75) is 111 Å². The highest BCUT2D eigenvalue weighted by atomic mass is 14.1. The monoisotopic (exact) mass is 268 g/mol. The third kappa shape index (κ3) is 14.2. The van der Waals surface area contributed by atoms with Gasteiger partial charge in [-0.25, -0.2) is 0 Å². The first kappa shape index (κ1) is 19.0. The van der Waals surface area contributed by atoms with Gasteiger partial charge in [-0.15, -0.1) is 0 Å². The minimum absolute atomic E-state index is 0.962. The van der Waals surface area contributed by atoms with Gasteiger partial charge in [0.25, 0.3) is 0 Å². The molecule has 0 fully saturated rings. The highest BCUT2D eigenvalue weighted by molar-refractivity contribution is 4.59. The molecule has 0 rings (SSSR count). The van der Waals surface area contributed by atoms with Crippen LogP contribution in [-0.4, -0.2) is 0 Å². The number of hydrogen-bond acceptors (Lipinski definition) is 0. The Labute approximate surface area is 123 Å². The van der Waals surface area contributed by atoms with Gasteiger partial charge in [0.2, 0.25) is 0 Å². The first-order chi connectivity index (χ1) is 9.20. The van der Waals surface area contributed by atoms with Gasteiger partial charge in [0, 0.05) is 0 Å². The lowest BCUT2D eigenvalue weighted by Gasteiger charge is -2.14. The zero-order chi connectivity index (χ0) is 14.3. The lowest BCUT2D eigenvalue weighted by atomic mass is 9.92. The topological polar surface area (TPSA) is 0 Å². The van der Waals surface area contributed by atoms with E-state index in [1.54, 1.807) is 0 Å². The predicted octanol–water partition coefficient (Wildman–Crippen LogP) is 7.37. The van der Waals surface area contributed by atoms with E-state index in [0.29, 0.717) is 0 Å². The van der Waals surface area contributed by atoms with Gasteiger partial charge in [0.05, 0.1) is 0 Å². The van der Waals surface area contributed by atoms with Crippen molar-refractivity contribution in [3.05, 3.63) is 0 Å². The van der Waals surface area contributed by atoms with Crippen LogP contribution in [0.2, 0.25) is 0 Å². The highest BCUT2D eigenvalue weighted by Crippen LogP contribution is 2.21. The molecule has 2 unspecified atom stereocenters. The Morgan fingerprint density at radius 2 is 0.842 bits per heavy atom. The summed E-state index contributed by atoms with van der Waals surface area (Å²) in [6.45, 7) is 9.51. The van der Waals surface area contributed by atoms with Crippen LogP contribution in [0, 0.1) is 11.8 Å². The van der Waals surface area contributed by atoms with Gasteiger partial charge in [0.15, 0.2) is 0 Å². The third-order valence-electron chi connectivity index (χ3n) is 4.49. The fourth-order valence-electron chi connectivity index (χ4n) is 2.94. The summed E-state index contributed by atoms with van der Waals surface area (Å²) < 4.78 is 0. The molecular formula is C19H40. The maximum atomic E-state index is 2.46. The second kappa shape index (κ2) is 14.4. The van der Waals surface area contributed by atoms with E-state index in [2.05, 4.69) is 27.7 Å². The molecule has 0 aliphatic carbocycles. The largest absolute Gasteiger partial charge is 0.0654 e. The summed E-state index contributed by atoms with van der Waals surface area (Å²) in [5.74, 6) is 1.92. The molecular weight excluding hydrogens is 228 g/mol. The molecule has 0 saturated carbocycles. The molecule has 0 bridgehead atoms. The van der Waals surface area contributed by atoms with Crippen LogP contribution in [0.5, 0.6) is 0 Å². The molecule has 0 spiro atoms. The van der Waals surface area contributed by atoms with Crippen molar-refractivity contribution >= 4 is 0 Å². The van der Waals surface area contributed by atoms with E-state index >= 15 is 0 Å². The average molecular weight is 269 g/mol. The van der Waals surface area contributed by atoms with Crippen molar-refractivity contribution in [3.63, 3.8) is 0 Å². The van der Waals surface area contributed by atoms with Crippen LogP contribution >= 0.6 is 0 Å². The van der Waals surface area contributed by atoms with E-state index in [9.17, 15) is 0 Å². The summed E-state index contributed by atoms with van der Waals surface area (Å²) in [5, 5.41) is 0. The Balaban J connectivity index is 3.30. The molecule has 0 radical (unpaired) electrons. The standard InChI is InChI=1S/C19H40/c1-5-7-9-11-14-18(3)16-13-17-19(4)15-12-10-8-6-2/h18-19H,5-17H2,1-4H3. The smallest absolute Gasteiger partial charge is 0.0443 e. The molecule has 19 heavy (non-hydrogen) atoms. The van der Waals surface area contributed by atoms with Crippen molar-refractivity contribution in [2.24, 2.45) is 11.8 Å². The van der Waals surface area contributed by atoms with Gasteiger partial charge in [-0.05, 0) is 11.8 Å².